The van der Waals surface area contributed by atoms with Crippen molar-refractivity contribution in [3.63, 3.8) is 0 Å². The van der Waals surface area contributed by atoms with Crippen LogP contribution in [0.5, 0.6) is 5.75 Å². The molecule has 0 amide bonds. The van der Waals surface area contributed by atoms with Gasteiger partial charge in [-0.05, 0) is 82.6 Å². The van der Waals surface area contributed by atoms with E-state index in [0.717, 1.165) is 33.3 Å². The van der Waals surface area contributed by atoms with Crippen molar-refractivity contribution in [3.8, 4) is 11.4 Å². The number of imidazole rings is 1. The van der Waals surface area contributed by atoms with Crippen LogP contribution in [0, 0.1) is 6.92 Å². The summed E-state index contributed by atoms with van der Waals surface area (Å²) >= 11 is 3.49. The Morgan fingerprint density at radius 1 is 0.914 bits per heavy atom. The number of aromatic nitrogens is 2. The number of aryl methyl sites for hydroxylation is 1. The van der Waals surface area contributed by atoms with Crippen LogP contribution in [0.1, 0.15) is 38.8 Å². The van der Waals surface area contributed by atoms with E-state index in [0.29, 0.717) is 0 Å². The number of hydrogen-bond acceptors (Lipinski definition) is 4. The van der Waals surface area contributed by atoms with E-state index in [4.69, 9.17) is 14.0 Å². The average Bonchev–Trinajstić information content (AvgIpc) is 3.32. The summed E-state index contributed by atoms with van der Waals surface area (Å²) in [6.07, 6.45) is 2.64. The topological polar surface area (TPSA) is 45.5 Å². The van der Waals surface area contributed by atoms with Gasteiger partial charge in [0.2, 0.25) is 0 Å². The van der Waals surface area contributed by atoms with Crippen molar-refractivity contribution in [3.05, 3.63) is 88.7 Å². The van der Waals surface area contributed by atoms with Gasteiger partial charge in [-0.2, -0.15) is 0 Å². The Morgan fingerprint density at radius 3 is 2.14 bits per heavy atom. The van der Waals surface area contributed by atoms with E-state index < -0.39 is 0 Å². The zero-order chi connectivity index (χ0) is 25.2. The van der Waals surface area contributed by atoms with E-state index in [9.17, 15) is 0 Å². The van der Waals surface area contributed by atoms with E-state index >= 15 is 0 Å². The molecule has 2 heterocycles. The van der Waals surface area contributed by atoms with Crippen LogP contribution >= 0.6 is 15.9 Å². The third kappa shape index (κ3) is 5.80. The molecule has 1 fully saturated rings. The second-order valence-corrected chi connectivity index (χ2v) is 10.7. The molecule has 0 N–H and O–H groups in total. The lowest BCUT2D eigenvalue weighted by molar-refractivity contribution is 0.00578. The summed E-state index contributed by atoms with van der Waals surface area (Å²) in [5.41, 5.74) is 5.20. The van der Waals surface area contributed by atoms with E-state index in [-0.39, 0.29) is 18.3 Å². The third-order valence-corrected chi connectivity index (χ3v) is 7.18. The van der Waals surface area contributed by atoms with Gasteiger partial charge in [0.05, 0.1) is 29.3 Å². The van der Waals surface area contributed by atoms with Crippen molar-refractivity contribution in [1.29, 1.82) is 0 Å². The van der Waals surface area contributed by atoms with Crippen molar-refractivity contribution in [1.82, 2.24) is 9.55 Å². The Kier molecular flexibility index (Phi) is 7.41. The molecule has 0 atom stereocenters. The van der Waals surface area contributed by atoms with Gasteiger partial charge in [0.15, 0.2) is 0 Å². The van der Waals surface area contributed by atoms with Crippen LogP contribution < -0.4 is 4.74 Å². The minimum absolute atomic E-state index is 0.136. The molecule has 35 heavy (non-hydrogen) atoms. The molecule has 7 heteroatoms. The van der Waals surface area contributed by atoms with Crippen LogP contribution in [0.4, 0.5) is 0 Å². The molecule has 0 bridgehead atoms. The molecule has 1 aliphatic rings. The molecule has 1 saturated heterocycles. The van der Waals surface area contributed by atoms with Crippen LogP contribution in [0.2, 0.25) is 0 Å². The van der Waals surface area contributed by atoms with Crippen LogP contribution in [0.3, 0.4) is 0 Å². The quantitative estimate of drug-likeness (QED) is 0.265. The molecule has 0 saturated carbocycles. The summed E-state index contributed by atoms with van der Waals surface area (Å²) in [6, 6.07) is 22.5. The number of nitrogens with zero attached hydrogens (tertiary/aromatic N) is 2. The molecule has 0 unspecified atom stereocenters. The Morgan fingerprint density at radius 2 is 1.54 bits per heavy atom. The van der Waals surface area contributed by atoms with Crippen LogP contribution in [0.25, 0.3) is 16.7 Å². The zero-order valence-electron chi connectivity index (χ0n) is 21.2. The zero-order valence-corrected chi connectivity index (χ0v) is 22.8. The molecule has 0 spiro atoms. The number of fused-ring (bicyclic) bond motifs is 1. The Labute approximate surface area is 216 Å². The lowest BCUT2D eigenvalue weighted by Crippen LogP contribution is -2.41. The van der Waals surface area contributed by atoms with Gasteiger partial charge >= 0.3 is 7.12 Å². The SMILES string of the molecule is COc1ccc(-n2cnc3ccc(Br)cc32)cc1.Cc1ccc(CB2OC(C)(C)C(C)(C)O2)cc1. The van der Waals surface area contributed by atoms with Crippen molar-refractivity contribution >= 4 is 34.1 Å². The largest absolute Gasteiger partial charge is 0.497 e. The number of halogens is 1. The van der Waals surface area contributed by atoms with Crippen LogP contribution in [-0.2, 0) is 15.6 Å². The highest BCUT2D eigenvalue weighted by atomic mass is 79.9. The lowest BCUT2D eigenvalue weighted by Gasteiger charge is -2.32. The maximum absolute atomic E-state index is 5.98. The number of ether oxygens (including phenoxy) is 1. The number of methoxy groups -OCH3 is 1. The molecule has 1 aromatic heterocycles. The minimum Gasteiger partial charge on any atom is -0.497 e. The van der Waals surface area contributed by atoms with Gasteiger partial charge in [-0.1, -0.05) is 45.8 Å². The van der Waals surface area contributed by atoms with Gasteiger partial charge in [-0.15, -0.1) is 0 Å². The molecule has 3 aromatic carbocycles. The standard InChI is InChI=1S/C14H21BO2.C14H11BrN2O/c1-11-6-8-12(9-7-11)10-15-16-13(2,3)14(4,5)17-15;1-18-12-5-3-11(4-6-12)17-9-16-13-7-2-10(15)8-14(13)17/h6-9H,10H2,1-5H3;2-9H,1H3. The monoisotopic (exact) mass is 534 g/mol. The summed E-state index contributed by atoms with van der Waals surface area (Å²) < 4.78 is 20.2. The fourth-order valence-corrected chi connectivity index (χ4v) is 4.24. The van der Waals surface area contributed by atoms with E-state index in [1.165, 1.54) is 11.1 Å². The predicted molar refractivity (Wildman–Crippen MR) is 146 cm³/mol. The van der Waals surface area contributed by atoms with Crippen molar-refractivity contribution < 1.29 is 14.0 Å². The molecule has 0 radical (unpaired) electrons. The number of hydrogen-bond donors (Lipinski definition) is 0. The van der Waals surface area contributed by atoms with Gasteiger partial charge in [0.1, 0.15) is 12.1 Å². The summed E-state index contributed by atoms with van der Waals surface area (Å²) in [5.74, 6) is 0.851. The first-order valence-electron chi connectivity index (χ1n) is 11.8. The van der Waals surface area contributed by atoms with Crippen LogP contribution in [0.15, 0.2) is 77.5 Å². The number of benzene rings is 3. The first-order valence-corrected chi connectivity index (χ1v) is 12.6. The highest BCUT2D eigenvalue weighted by molar-refractivity contribution is 9.10. The van der Waals surface area contributed by atoms with Gasteiger partial charge in [-0.25, -0.2) is 4.98 Å². The van der Waals surface area contributed by atoms with Crippen LogP contribution in [-0.4, -0.2) is 35.0 Å². The Balaban J connectivity index is 0.000000165. The Hall–Kier alpha value is -2.61. The highest BCUT2D eigenvalue weighted by Crippen LogP contribution is 2.37. The molecular weight excluding hydrogens is 503 g/mol. The first kappa shape index (κ1) is 25.5. The maximum Gasteiger partial charge on any atom is 0.462 e. The smallest absolute Gasteiger partial charge is 0.462 e. The second kappa shape index (κ2) is 10.2. The number of rotatable bonds is 4. The van der Waals surface area contributed by atoms with Gasteiger partial charge in [-0.3, -0.25) is 4.57 Å². The normalized spacial score (nSPS) is 16.1. The van der Waals surface area contributed by atoms with Crippen molar-refractivity contribution in [2.24, 2.45) is 0 Å². The molecule has 5 nitrogen and oxygen atoms in total. The van der Waals surface area contributed by atoms with Gasteiger partial charge < -0.3 is 14.0 Å². The third-order valence-electron chi connectivity index (χ3n) is 6.68. The van der Waals surface area contributed by atoms with Crippen molar-refractivity contribution in [2.75, 3.05) is 7.11 Å². The summed E-state index contributed by atoms with van der Waals surface area (Å²) in [4.78, 5) is 4.39. The first-order chi connectivity index (χ1) is 16.6. The van der Waals surface area contributed by atoms with Crippen molar-refractivity contribution in [2.45, 2.75) is 52.1 Å². The molecule has 182 valence electrons. The Bertz CT molecular complexity index is 1270. The molecule has 0 aliphatic carbocycles. The van der Waals surface area contributed by atoms with Gasteiger partial charge in [0, 0.05) is 16.5 Å². The maximum atomic E-state index is 5.98. The minimum atomic E-state index is -0.234. The molecular formula is C28H32BBrN2O3. The summed E-state index contributed by atoms with van der Waals surface area (Å²) in [5, 5.41) is 0. The molecule has 1 aliphatic heterocycles. The summed E-state index contributed by atoms with van der Waals surface area (Å²) in [7, 11) is 1.53. The second-order valence-electron chi connectivity index (χ2n) is 9.82. The predicted octanol–water partition coefficient (Wildman–Crippen LogP) is 6.97. The molecule has 5 rings (SSSR count). The van der Waals surface area contributed by atoms with E-state index in [1.807, 2.05) is 42.7 Å². The van der Waals surface area contributed by atoms with E-state index in [2.05, 4.69) is 90.4 Å². The fraction of sp³-hybridized carbons (Fsp3) is 0.321. The lowest BCUT2D eigenvalue weighted by atomic mass is 9.80. The molecule has 4 aromatic rings. The van der Waals surface area contributed by atoms with E-state index in [1.54, 1.807) is 7.11 Å². The highest BCUT2D eigenvalue weighted by Gasteiger charge is 2.50. The average molecular weight is 535 g/mol. The summed E-state index contributed by atoms with van der Waals surface area (Å²) in [6.45, 7) is 10.4. The fourth-order valence-electron chi connectivity index (χ4n) is 3.89. The van der Waals surface area contributed by atoms with Gasteiger partial charge in [0.25, 0.3) is 0 Å².